The van der Waals surface area contributed by atoms with Crippen molar-refractivity contribution in [2.75, 3.05) is 0 Å². The fourth-order valence-corrected chi connectivity index (χ4v) is 5.59. The van der Waals surface area contributed by atoms with Crippen molar-refractivity contribution in [3.63, 3.8) is 0 Å². The van der Waals surface area contributed by atoms with Crippen LogP contribution in [0.3, 0.4) is 0 Å². The largest absolute Gasteiger partial charge is 0.276 e. The standard InChI is InChI=1S/C36H23N3/c1-2-8-24(9-3-1)25-14-16-26(17-15-25)27-18-19-29-23-30(21-20-28(29)22-27)35-37-32-11-5-4-10-31(32)36-38-33-12-6-7-13-34(33)39(35)36/h1-23H. The van der Waals surface area contributed by atoms with Crippen molar-refractivity contribution in [3.05, 3.63) is 140 Å². The molecule has 0 spiro atoms. The van der Waals surface area contributed by atoms with Crippen LogP contribution in [-0.2, 0) is 0 Å². The predicted octanol–water partition coefficient (Wildman–Crippen LogP) is 9.19. The van der Waals surface area contributed by atoms with Crippen LogP contribution in [-0.4, -0.2) is 14.4 Å². The second kappa shape index (κ2) is 8.64. The van der Waals surface area contributed by atoms with Gasteiger partial charge in [0.05, 0.1) is 16.6 Å². The van der Waals surface area contributed by atoms with Crippen LogP contribution in [0.4, 0.5) is 0 Å². The van der Waals surface area contributed by atoms with Crippen molar-refractivity contribution in [2.24, 2.45) is 0 Å². The van der Waals surface area contributed by atoms with Crippen molar-refractivity contribution in [1.29, 1.82) is 0 Å². The number of aromatic nitrogens is 3. The van der Waals surface area contributed by atoms with E-state index in [0.29, 0.717) is 0 Å². The maximum absolute atomic E-state index is 5.12. The van der Waals surface area contributed by atoms with Crippen LogP contribution in [0.2, 0.25) is 0 Å². The van der Waals surface area contributed by atoms with E-state index in [9.17, 15) is 0 Å². The molecule has 6 aromatic carbocycles. The Kier molecular flexibility index (Phi) is 4.82. The summed E-state index contributed by atoms with van der Waals surface area (Å²) in [7, 11) is 0. The van der Waals surface area contributed by atoms with Gasteiger partial charge in [-0.3, -0.25) is 4.40 Å². The topological polar surface area (TPSA) is 30.2 Å². The maximum atomic E-state index is 5.12. The molecule has 0 N–H and O–H groups in total. The first-order chi connectivity index (χ1) is 19.3. The van der Waals surface area contributed by atoms with Gasteiger partial charge in [-0.2, -0.15) is 0 Å². The zero-order chi connectivity index (χ0) is 25.8. The van der Waals surface area contributed by atoms with Gasteiger partial charge in [-0.1, -0.05) is 103 Å². The molecule has 0 aliphatic heterocycles. The second-order valence-electron chi connectivity index (χ2n) is 9.93. The molecular weight excluding hydrogens is 474 g/mol. The highest BCUT2D eigenvalue weighted by Gasteiger charge is 2.15. The molecule has 3 heteroatoms. The molecule has 182 valence electrons. The third-order valence-electron chi connectivity index (χ3n) is 7.57. The zero-order valence-electron chi connectivity index (χ0n) is 21.1. The quantitative estimate of drug-likeness (QED) is 0.244. The van der Waals surface area contributed by atoms with E-state index in [2.05, 4.69) is 126 Å². The number of rotatable bonds is 3. The molecule has 8 rings (SSSR count). The molecule has 0 fully saturated rings. The van der Waals surface area contributed by atoms with Gasteiger partial charge in [-0.05, 0) is 69.4 Å². The number of fused-ring (bicyclic) bond motifs is 6. The lowest BCUT2D eigenvalue weighted by Gasteiger charge is -2.11. The van der Waals surface area contributed by atoms with Gasteiger partial charge in [0.2, 0.25) is 0 Å². The van der Waals surface area contributed by atoms with Crippen LogP contribution >= 0.6 is 0 Å². The van der Waals surface area contributed by atoms with Crippen molar-refractivity contribution in [2.45, 2.75) is 0 Å². The van der Waals surface area contributed by atoms with Gasteiger partial charge in [-0.25, -0.2) is 9.97 Å². The smallest absolute Gasteiger partial charge is 0.149 e. The van der Waals surface area contributed by atoms with E-state index in [-0.39, 0.29) is 0 Å². The third-order valence-corrected chi connectivity index (χ3v) is 7.57. The monoisotopic (exact) mass is 497 g/mol. The van der Waals surface area contributed by atoms with Crippen LogP contribution < -0.4 is 0 Å². The number of hydrogen-bond acceptors (Lipinski definition) is 2. The van der Waals surface area contributed by atoms with Gasteiger partial charge in [0.15, 0.2) is 0 Å². The van der Waals surface area contributed by atoms with Gasteiger partial charge >= 0.3 is 0 Å². The Morgan fingerprint density at radius 1 is 0.410 bits per heavy atom. The first-order valence-corrected chi connectivity index (χ1v) is 13.2. The summed E-state index contributed by atoms with van der Waals surface area (Å²) >= 11 is 0. The lowest BCUT2D eigenvalue weighted by molar-refractivity contribution is 1.16. The Bertz CT molecular complexity index is 2160. The van der Waals surface area contributed by atoms with Gasteiger partial charge in [0.1, 0.15) is 11.5 Å². The lowest BCUT2D eigenvalue weighted by atomic mass is 9.97. The summed E-state index contributed by atoms with van der Waals surface area (Å²) in [4.78, 5) is 10.1. The number of para-hydroxylation sites is 3. The van der Waals surface area contributed by atoms with Crippen LogP contribution in [0.1, 0.15) is 0 Å². The average Bonchev–Trinajstić information content (AvgIpc) is 3.41. The minimum atomic E-state index is 0.903. The summed E-state index contributed by atoms with van der Waals surface area (Å²) in [6.45, 7) is 0. The van der Waals surface area contributed by atoms with E-state index in [1.807, 2.05) is 18.2 Å². The normalized spacial score (nSPS) is 11.6. The summed E-state index contributed by atoms with van der Waals surface area (Å²) in [5.74, 6) is 0.903. The van der Waals surface area contributed by atoms with Crippen molar-refractivity contribution in [3.8, 4) is 33.6 Å². The van der Waals surface area contributed by atoms with E-state index in [4.69, 9.17) is 9.97 Å². The highest BCUT2D eigenvalue weighted by atomic mass is 15.1. The Labute approximate surface area is 225 Å². The molecule has 0 saturated carbocycles. The first-order valence-electron chi connectivity index (χ1n) is 13.2. The van der Waals surface area contributed by atoms with Gasteiger partial charge in [-0.15, -0.1) is 0 Å². The molecule has 0 aliphatic rings. The molecule has 2 heterocycles. The number of nitrogens with zero attached hydrogens (tertiary/aromatic N) is 3. The highest BCUT2D eigenvalue weighted by Crippen LogP contribution is 2.33. The van der Waals surface area contributed by atoms with Crippen molar-refractivity contribution in [1.82, 2.24) is 14.4 Å². The second-order valence-corrected chi connectivity index (χ2v) is 9.93. The molecule has 8 aromatic rings. The van der Waals surface area contributed by atoms with Crippen molar-refractivity contribution >= 4 is 38.4 Å². The molecule has 0 bridgehead atoms. The van der Waals surface area contributed by atoms with E-state index in [1.165, 1.54) is 33.0 Å². The molecule has 0 radical (unpaired) electrons. The van der Waals surface area contributed by atoms with E-state index in [0.717, 1.165) is 39.0 Å². The molecule has 2 aromatic heterocycles. The van der Waals surface area contributed by atoms with E-state index >= 15 is 0 Å². The minimum absolute atomic E-state index is 0.903. The summed E-state index contributed by atoms with van der Waals surface area (Å²) in [6, 6.07) is 49.1. The van der Waals surface area contributed by atoms with Crippen LogP contribution in [0.25, 0.3) is 72.0 Å². The Morgan fingerprint density at radius 3 is 1.77 bits per heavy atom. The molecule has 0 unspecified atom stereocenters. The molecule has 3 nitrogen and oxygen atoms in total. The summed E-state index contributed by atoms with van der Waals surface area (Å²) in [6.07, 6.45) is 0. The summed E-state index contributed by atoms with van der Waals surface area (Å²) in [5.41, 5.74) is 9.88. The highest BCUT2D eigenvalue weighted by molar-refractivity contribution is 5.99. The predicted molar refractivity (Wildman–Crippen MR) is 162 cm³/mol. The molecular formula is C36H23N3. The average molecular weight is 498 g/mol. The fraction of sp³-hybridized carbons (Fsp3) is 0. The lowest BCUT2D eigenvalue weighted by Crippen LogP contribution is -1.98. The van der Waals surface area contributed by atoms with Crippen LogP contribution in [0.5, 0.6) is 0 Å². The summed E-state index contributed by atoms with van der Waals surface area (Å²) < 4.78 is 2.20. The molecule has 0 amide bonds. The van der Waals surface area contributed by atoms with Crippen LogP contribution in [0, 0.1) is 0 Å². The van der Waals surface area contributed by atoms with E-state index in [1.54, 1.807) is 0 Å². The SMILES string of the molecule is c1ccc(-c2ccc(-c3ccc4cc(-c5nc6ccccc6c6nc7ccccc7n56)ccc4c3)cc2)cc1. The van der Waals surface area contributed by atoms with Crippen LogP contribution in [0.15, 0.2) is 140 Å². The van der Waals surface area contributed by atoms with E-state index < -0.39 is 0 Å². The van der Waals surface area contributed by atoms with Gasteiger partial charge in [0.25, 0.3) is 0 Å². The Balaban J connectivity index is 1.24. The fourth-order valence-electron chi connectivity index (χ4n) is 5.59. The van der Waals surface area contributed by atoms with Gasteiger partial charge < -0.3 is 0 Å². The third kappa shape index (κ3) is 3.59. The van der Waals surface area contributed by atoms with Crippen molar-refractivity contribution < 1.29 is 0 Å². The molecule has 39 heavy (non-hydrogen) atoms. The molecule has 0 aliphatic carbocycles. The zero-order valence-corrected chi connectivity index (χ0v) is 21.1. The number of imidazole rings is 1. The first kappa shape index (κ1) is 21.8. The Hall–Kier alpha value is -5.28. The molecule has 0 saturated heterocycles. The Morgan fingerprint density at radius 2 is 0.974 bits per heavy atom. The minimum Gasteiger partial charge on any atom is -0.276 e. The number of hydrogen-bond donors (Lipinski definition) is 0. The van der Waals surface area contributed by atoms with Gasteiger partial charge in [0, 0.05) is 10.9 Å². The summed E-state index contributed by atoms with van der Waals surface area (Å²) in [5, 5.41) is 3.45. The molecule has 0 atom stereocenters. The maximum Gasteiger partial charge on any atom is 0.149 e. The number of benzene rings is 6.